The molecule has 1 aromatic carbocycles. The van der Waals surface area contributed by atoms with Gasteiger partial charge in [0.15, 0.2) is 0 Å². The third-order valence-corrected chi connectivity index (χ3v) is 2.82. The Balaban J connectivity index is 3.06. The maximum absolute atomic E-state index is 6.02. The molecular weight excluding hydrogens is 170 g/mol. The summed E-state index contributed by atoms with van der Waals surface area (Å²) in [6.07, 6.45) is 0.944. The largest absolute Gasteiger partial charge is 0.325 e. The molecule has 2 N–H and O–H groups in total. The summed E-state index contributed by atoms with van der Waals surface area (Å²) < 4.78 is 0. The smallest absolute Gasteiger partial charge is 0.0138 e. The molecule has 78 valence electrons. The Morgan fingerprint density at radius 2 is 1.64 bits per heavy atom. The maximum Gasteiger partial charge on any atom is 0.0138 e. The molecule has 0 aromatic heterocycles. The monoisotopic (exact) mass is 191 g/mol. The zero-order valence-corrected chi connectivity index (χ0v) is 9.94. The van der Waals surface area contributed by atoms with Crippen molar-refractivity contribution in [2.45, 2.75) is 46.6 Å². The van der Waals surface area contributed by atoms with Gasteiger partial charge in [0.1, 0.15) is 0 Å². The molecule has 0 aliphatic carbocycles. The van der Waals surface area contributed by atoms with E-state index in [9.17, 15) is 0 Å². The summed E-state index contributed by atoms with van der Waals surface area (Å²) in [7, 11) is 0. The van der Waals surface area contributed by atoms with Crippen molar-refractivity contribution in [3.8, 4) is 0 Å². The highest BCUT2D eigenvalue weighted by Gasteiger charge is 2.14. The summed E-state index contributed by atoms with van der Waals surface area (Å²) in [5, 5.41) is 0. The first-order chi connectivity index (χ1) is 6.31. The molecule has 0 heterocycles. The lowest BCUT2D eigenvalue weighted by molar-refractivity contribution is 0.515. The highest BCUT2D eigenvalue weighted by molar-refractivity contribution is 5.39. The third kappa shape index (κ3) is 2.58. The van der Waals surface area contributed by atoms with Gasteiger partial charge < -0.3 is 5.73 Å². The van der Waals surface area contributed by atoms with Crippen LogP contribution in [0.4, 0.5) is 0 Å². The number of hydrogen-bond donors (Lipinski definition) is 1. The molecule has 0 saturated heterocycles. The summed E-state index contributed by atoms with van der Waals surface area (Å²) in [6.45, 7) is 10.7. The van der Waals surface area contributed by atoms with Crippen molar-refractivity contribution in [3.05, 3.63) is 34.4 Å². The van der Waals surface area contributed by atoms with Crippen molar-refractivity contribution >= 4 is 0 Å². The van der Waals surface area contributed by atoms with Crippen LogP contribution < -0.4 is 5.73 Å². The fraction of sp³-hybridized carbons (Fsp3) is 0.538. The fourth-order valence-corrected chi connectivity index (χ4v) is 1.69. The number of benzene rings is 1. The average molecular weight is 191 g/mol. The first-order valence-electron chi connectivity index (χ1n) is 5.16. The van der Waals surface area contributed by atoms with Crippen LogP contribution in [0.5, 0.6) is 0 Å². The van der Waals surface area contributed by atoms with E-state index in [1.165, 1.54) is 22.3 Å². The molecule has 0 unspecified atom stereocenters. The van der Waals surface area contributed by atoms with Gasteiger partial charge in [-0.05, 0) is 63.3 Å². The SMILES string of the molecule is Cc1ccc(CC(C)(C)N)c(C)c1C. The Morgan fingerprint density at radius 1 is 1.07 bits per heavy atom. The highest BCUT2D eigenvalue weighted by atomic mass is 14.7. The molecular formula is C13H21N. The van der Waals surface area contributed by atoms with Crippen LogP contribution >= 0.6 is 0 Å². The van der Waals surface area contributed by atoms with Gasteiger partial charge in [-0.1, -0.05) is 12.1 Å². The Kier molecular flexibility index (Phi) is 3.01. The van der Waals surface area contributed by atoms with Crippen LogP contribution in [0.3, 0.4) is 0 Å². The third-order valence-electron chi connectivity index (χ3n) is 2.82. The predicted octanol–water partition coefficient (Wildman–Crippen LogP) is 2.89. The van der Waals surface area contributed by atoms with Crippen molar-refractivity contribution in [2.24, 2.45) is 5.73 Å². The van der Waals surface area contributed by atoms with Gasteiger partial charge in [0.05, 0.1) is 0 Å². The number of aryl methyl sites for hydroxylation is 1. The summed E-state index contributed by atoms with van der Waals surface area (Å²) in [6, 6.07) is 4.38. The maximum atomic E-state index is 6.02. The zero-order chi connectivity index (χ0) is 10.9. The van der Waals surface area contributed by atoms with Gasteiger partial charge in [0.2, 0.25) is 0 Å². The van der Waals surface area contributed by atoms with E-state index in [1.54, 1.807) is 0 Å². The summed E-state index contributed by atoms with van der Waals surface area (Å²) in [5.74, 6) is 0. The second kappa shape index (κ2) is 3.74. The van der Waals surface area contributed by atoms with Crippen molar-refractivity contribution in [3.63, 3.8) is 0 Å². The molecule has 0 radical (unpaired) electrons. The van der Waals surface area contributed by atoms with E-state index in [0.717, 1.165) is 6.42 Å². The van der Waals surface area contributed by atoms with Gasteiger partial charge in [0, 0.05) is 5.54 Å². The molecule has 14 heavy (non-hydrogen) atoms. The molecule has 0 fully saturated rings. The number of hydrogen-bond acceptors (Lipinski definition) is 1. The van der Waals surface area contributed by atoms with Crippen molar-refractivity contribution in [2.75, 3.05) is 0 Å². The molecule has 0 aliphatic rings. The minimum atomic E-state index is -0.119. The Bertz CT molecular complexity index is 332. The highest BCUT2D eigenvalue weighted by Crippen LogP contribution is 2.20. The van der Waals surface area contributed by atoms with Gasteiger partial charge in [-0.3, -0.25) is 0 Å². The lowest BCUT2D eigenvalue weighted by atomic mass is 9.90. The Hall–Kier alpha value is -0.820. The molecule has 0 bridgehead atoms. The quantitative estimate of drug-likeness (QED) is 0.764. The summed E-state index contributed by atoms with van der Waals surface area (Å²) in [4.78, 5) is 0. The number of nitrogens with two attached hydrogens (primary N) is 1. The van der Waals surface area contributed by atoms with E-state index in [2.05, 4.69) is 46.8 Å². The molecule has 1 heteroatoms. The zero-order valence-electron chi connectivity index (χ0n) is 9.94. The van der Waals surface area contributed by atoms with Crippen LogP contribution in [-0.4, -0.2) is 5.54 Å². The first kappa shape index (κ1) is 11.3. The minimum absolute atomic E-state index is 0.119. The molecule has 0 saturated carbocycles. The van der Waals surface area contributed by atoms with Crippen molar-refractivity contribution in [1.82, 2.24) is 0 Å². The standard InChI is InChI=1S/C13H21N/c1-9-6-7-12(8-13(4,5)14)11(3)10(9)2/h6-7H,8,14H2,1-5H3. The van der Waals surface area contributed by atoms with E-state index in [4.69, 9.17) is 5.73 Å². The predicted molar refractivity (Wildman–Crippen MR) is 62.6 cm³/mol. The van der Waals surface area contributed by atoms with E-state index in [1.807, 2.05) is 0 Å². The molecule has 1 nitrogen and oxygen atoms in total. The Labute approximate surface area is 87.3 Å². The van der Waals surface area contributed by atoms with Crippen molar-refractivity contribution < 1.29 is 0 Å². The van der Waals surface area contributed by atoms with Gasteiger partial charge in [-0.25, -0.2) is 0 Å². The van der Waals surface area contributed by atoms with Gasteiger partial charge >= 0.3 is 0 Å². The Morgan fingerprint density at radius 3 is 2.14 bits per heavy atom. The van der Waals surface area contributed by atoms with Crippen LogP contribution in [0.2, 0.25) is 0 Å². The van der Waals surface area contributed by atoms with E-state index in [-0.39, 0.29) is 5.54 Å². The average Bonchev–Trinajstić information content (AvgIpc) is 2.04. The summed E-state index contributed by atoms with van der Waals surface area (Å²) >= 11 is 0. The van der Waals surface area contributed by atoms with Crippen molar-refractivity contribution in [1.29, 1.82) is 0 Å². The molecule has 1 rings (SSSR count). The van der Waals surface area contributed by atoms with Crippen LogP contribution in [0, 0.1) is 20.8 Å². The molecule has 0 spiro atoms. The van der Waals surface area contributed by atoms with Crippen LogP contribution in [0.25, 0.3) is 0 Å². The second-order valence-electron chi connectivity index (χ2n) is 4.96. The van der Waals surface area contributed by atoms with Gasteiger partial charge in [0.25, 0.3) is 0 Å². The molecule has 1 aromatic rings. The normalized spacial score (nSPS) is 11.9. The molecule has 0 amide bonds. The van der Waals surface area contributed by atoms with Gasteiger partial charge in [-0.15, -0.1) is 0 Å². The van der Waals surface area contributed by atoms with Crippen LogP contribution in [-0.2, 0) is 6.42 Å². The first-order valence-corrected chi connectivity index (χ1v) is 5.16. The molecule has 0 aliphatic heterocycles. The van der Waals surface area contributed by atoms with E-state index < -0.39 is 0 Å². The molecule has 0 atom stereocenters. The van der Waals surface area contributed by atoms with Crippen LogP contribution in [0.1, 0.15) is 36.1 Å². The lowest BCUT2D eigenvalue weighted by Crippen LogP contribution is -2.34. The van der Waals surface area contributed by atoms with E-state index >= 15 is 0 Å². The topological polar surface area (TPSA) is 26.0 Å². The van der Waals surface area contributed by atoms with Crippen LogP contribution in [0.15, 0.2) is 12.1 Å². The minimum Gasteiger partial charge on any atom is -0.325 e. The lowest BCUT2D eigenvalue weighted by Gasteiger charge is -2.21. The summed E-state index contributed by atoms with van der Waals surface area (Å²) in [5.41, 5.74) is 11.4. The van der Waals surface area contributed by atoms with E-state index in [0.29, 0.717) is 0 Å². The number of rotatable bonds is 2. The fourth-order valence-electron chi connectivity index (χ4n) is 1.69. The second-order valence-corrected chi connectivity index (χ2v) is 4.96. The van der Waals surface area contributed by atoms with Gasteiger partial charge in [-0.2, -0.15) is 0 Å².